The first-order chi connectivity index (χ1) is 9.38. The predicted octanol–water partition coefficient (Wildman–Crippen LogP) is 0.776. The minimum atomic E-state index is 0.445. The number of aromatic nitrogens is 2. The second-order valence-corrected chi connectivity index (χ2v) is 4.32. The van der Waals surface area contributed by atoms with Crippen molar-refractivity contribution in [1.82, 2.24) is 9.59 Å². The van der Waals surface area contributed by atoms with Gasteiger partial charge in [-0.1, -0.05) is 4.49 Å². The van der Waals surface area contributed by atoms with Crippen molar-refractivity contribution >= 4 is 16.5 Å². The second kappa shape index (κ2) is 11.1. The van der Waals surface area contributed by atoms with Gasteiger partial charge in [0.1, 0.15) is 10.7 Å². The fourth-order valence-corrected chi connectivity index (χ4v) is 1.76. The van der Waals surface area contributed by atoms with Crippen LogP contribution in [0, 0.1) is 0 Å². The van der Waals surface area contributed by atoms with E-state index in [1.807, 2.05) is 7.05 Å². The Bertz CT molecular complexity index is 325. The van der Waals surface area contributed by atoms with E-state index in [9.17, 15) is 0 Å². The summed E-state index contributed by atoms with van der Waals surface area (Å²) >= 11 is 1.32. The van der Waals surface area contributed by atoms with Crippen molar-refractivity contribution < 1.29 is 18.9 Å². The third-order valence-corrected chi connectivity index (χ3v) is 2.98. The van der Waals surface area contributed by atoms with Crippen LogP contribution in [-0.4, -0.2) is 63.4 Å². The van der Waals surface area contributed by atoms with E-state index in [1.165, 1.54) is 11.5 Å². The molecule has 0 bridgehead atoms. The van der Waals surface area contributed by atoms with Gasteiger partial charge in [-0.2, -0.15) is 0 Å². The first kappa shape index (κ1) is 16.3. The van der Waals surface area contributed by atoms with E-state index in [2.05, 4.69) is 14.9 Å². The van der Waals surface area contributed by atoms with Gasteiger partial charge < -0.3 is 24.3 Å². The highest BCUT2D eigenvalue weighted by molar-refractivity contribution is 7.10. The average molecular weight is 291 g/mol. The van der Waals surface area contributed by atoms with E-state index in [1.54, 1.807) is 7.11 Å². The van der Waals surface area contributed by atoms with Crippen molar-refractivity contribution in [1.29, 1.82) is 0 Å². The molecule has 0 fully saturated rings. The summed E-state index contributed by atoms with van der Waals surface area (Å²) in [6, 6.07) is 0. The summed E-state index contributed by atoms with van der Waals surface area (Å²) in [7, 11) is 3.49. The molecule has 0 aromatic carbocycles. The minimum absolute atomic E-state index is 0.445. The zero-order valence-corrected chi connectivity index (χ0v) is 12.2. The topological polar surface area (TPSA) is 74.7 Å². The zero-order chi connectivity index (χ0) is 13.8. The minimum Gasteiger partial charge on any atom is -0.382 e. The fourth-order valence-electron chi connectivity index (χ4n) is 1.24. The maximum Gasteiger partial charge on any atom is 0.135 e. The first-order valence-electron chi connectivity index (χ1n) is 6.09. The lowest BCUT2D eigenvalue weighted by Crippen LogP contribution is -2.11. The summed E-state index contributed by atoms with van der Waals surface area (Å²) in [5.74, 6) is 0. The molecule has 0 atom stereocenters. The third-order valence-electron chi connectivity index (χ3n) is 2.20. The Balaban J connectivity index is 1.89. The molecule has 110 valence electrons. The summed E-state index contributed by atoms with van der Waals surface area (Å²) in [4.78, 5) is 0. The lowest BCUT2D eigenvalue weighted by atomic mass is 10.5. The van der Waals surface area contributed by atoms with Crippen LogP contribution in [-0.2, 0) is 25.6 Å². The van der Waals surface area contributed by atoms with E-state index < -0.39 is 0 Å². The molecule has 0 aliphatic carbocycles. The van der Waals surface area contributed by atoms with E-state index in [0.29, 0.717) is 46.2 Å². The maximum atomic E-state index is 5.44. The van der Waals surface area contributed by atoms with Crippen LogP contribution in [0.5, 0.6) is 0 Å². The van der Waals surface area contributed by atoms with E-state index in [0.717, 1.165) is 10.7 Å². The molecule has 0 aliphatic rings. The van der Waals surface area contributed by atoms with Gasteiger partial charge in [0, 0.05) is 25.7 Å². The summed E-state index contributed by atoms with van der Waals surface area (Å²) in [6.07, 6.45) is 0. The Labute approximate surface area is 117 Å². The van der Waals surface area contributed by atoms with Crippen LogP contribution in [0.2, 0.25) is 0 Å². The molecule has 1 aromatic heterocycles. The fraction of sp³-hybridized carbons (Fsp3) is 0.818. The zero-order valence-electron chi connectivity index (χ0n) is 11.4. The maximum absolute atomic E-state index is 5.44. The van der Waals surface area contributed by atoms with Crippen LogP contribution < -0.4 is 5.32 Å². The standard InChI is InChI=1S/C11H21N3O4S/c1-12-11-10(13-14-19-11)9-18-8-7-17-6-5-16-4-3-15-2/h12H,3-9H2,1-2H3. The van der Waals surface area contributed by atoms with Gasteiger partial charge in [0.15, 0.2) is 0 Å². The summed E-state index contributed by atoms with van der Waals surface area (Å²) in [5.41, 5.74) is 0.829. The Morgan fingerprint density at radius 2 is 1.63 bits per heavy atom. The van der Waals surface area contributed by atoms with Gasteiger partial charge in [-0.25, -0.2) is 0 Å². The van der Waals surface area contributed by atoms with Gasteiger partial charge in [0.05, 0.1) is 46.2 Å². The van der Waals surface area contributed by atoms with E-state index in [4.69, 9.17) is 18.9 Å². The SMILES string of the molecule is CNc1snnc1COCCOCCOCCOC. The molecule has 0 spiro atoms. The quantitative estimate of drug-likeness (QED) is 0.570. The Morgan fingerprint density at radius 3 is 2.26 bits per heavy atom. The molecule has 0 unspecified atom stereocenters. The Morgan fingerprint density at radius 1 is 1.00 bits per heavy atom. The van der Waals surface area contributed by atoms with Crippen LogP contribution in [0.25, 0.3) is 0 Å². The predicted molar refractivity (Wildman–Crippen MR) is 72.6 cm³/mol. The summed E-state index contributed by atoms with van der Waals surface area (Å²) in [5, 5.41) is 7.93. The second-order valence-electron chi connectivity index (χ2n) is 3.57. The number of hydrogen-bond donors (Lipinski definition) is 1. The van der Waals surface area contributed by atoms with Crippen molar-refractivity contribution in [2.75, 3.05) is 59.1 Å². The largest absolute Gasteiger partial charge is 0.382 e. The molecule has 0 saturated heterocycles. The number of nitrogens with zero attached hydrogens (tertiary/aromatic N) is 2. The highest BCUT2D eigenvalue weighted by atomic mass is 32.1. The molecular weight excluding hydrogens is 270 g/mol. The van der Waals surface area contributed by atoms with Gasteiger partial charge in [0.25, 0.3) is 0 Å². The molecule has 8 heteroatoms. The van der Waals surface area contributed by atoms with Crippen LogP contribution in [0.15, 0.2) is 0 Å². The van der Waals surface area contributed by atoms with Gasteiger partial charge in [-0.15, -0.1) is 5.10 Å². The van der Waals surface area contributed by atoms with Gasteiger partial charge in [-0.05, 0) is 0 Å². The van der Waals surface area contributed by atoms with Crippen molar-refractivity contribution in [2.45, 2.75) is 6.61 Å². The lowest BCUT2D eigenvalue weighted by Gasteiger charge is -2.06. The number of anilines is 1. The van der Waals surface area contributed by atoms with Crippen LogP contribution in [0.1, 0.15) is 5.69 Å². The van der Waals surface area contributed by atoms with Crippen LogP contribution in [0.3, 0.4) is 0 Å². The molecule has 19 heavy (non-hydrogen) atoms. The molecule has 0 amide bonds. The van der Waals surface area contributed by atoms with Gasteiger partial charge in [0.2, 0.25) is 0 Å². The molecule has 1 N–H and O–H groups in total. The molecular formula is C11H21N3O4S. The van der Waals surface area contributed by atoms with Crippen LogP contribution in [0.4, 0.5) is 5.00 Å². The molecule has 1 rings (SSSR count). The van der Waals surface area contributed by atoms with E-state index >= 15 is 0 Å². The Kier molecular flexibility index (Phi) is 9.46. The number of rotatable bonds is 12. The first-order valence-corrected chi connectivity index (χ1v) is 6.87. The summed E-state index contributed by atoms with van der Waals surface area (Å²) in [6.45, 7) is 3.86. The molecule has 0 radical (unpaired) electrons. The smallest absolute Gasteiger partial charge is 0.135 e. The normalized spacial score (nSPS) is 10.8. The van der Waals surface area contributed by atoms with Crippen LogP contribution >= 0.6 is 11.5 Å². The van der Waals surface area contributed by atoms with Crippen molar-refractivity contribution in [3.63, 3.8) is 0 Å². The third kappa shape index (κ3) is 7.38. The lowest BCUT2D eigenvalue weighted by molar-refractivity contribution is 0.000531. The van der Waals surface area contributed by atoms with E-state index in [-0.39, 0.29) is 0 Å². The molecule has 0 saturated carbocycles. The number of hydrogen-bond acceptors (Lipinski definition) is 8. The van der Waals surface area contributed by atoms with Gasteiger partial charge in [-0.3, -0.25) is 0 Å². The monoisotopic (exact) mass is 291 g/mol. The molecule has 1 aromatic rings. The highest BCUT2D eigenvalue weighted by Gasteiger charge is 2.05. The Hall–Kier alpha value is -0.800. The highest BCUT2D eigenvalue weighted by Crippen LogP contribution is 2.16. The van der Waals surface area contributed by atoms with Crippen molar-refractivity contribution in [3.8, 4) is 0 Å². The number of ether oxygens (including phenoxy) is 4. The van der Waals surface area contributed by atoms with Gasteiger partial charge >= 0.3 is 0 Å². The number of methoxy groups -OCH3 is 1. The molecule has 0 aliphatic heterocycles. The number of nitrogens with one attached hydrogen (secondary N) is 1. The van der Waals surface area contributed by atoms with Crippen molar-refractivity contribution in [2.24, 2.45) is 0 Å². The molecule has 1 heterocycles. The summed E-state index contributed by atoms with van der Waals surface area (Å²) < 4.78 is 24.8. The van der Waals surface area contributed by atoms with Crippen molar-refractivity contribution in [3.05, 3.63) is 5.69 Å². The molecule has 7 nitrogen and oxygen atoms in total. The average Bonchev–Trinajstić information content (AvgIpc) is 2.88.